The number of anilines is 1. The summed E-state index contributed by atoms with van der Waals surface area (Å²) in [6.45, 7) is 3.65. The van der Waals surface area contributed by atoms with E-state index in [0.29, 0.717) is 0 Å². The fourth-order valence-electron chi connectivity index (χ4n) is 6.00. The molecule has 6 heteroatoms. The highest BCUT2D eigenvalue weighted by Crippen LogP contribution is 2.38. The zero-order valence-electron chi connectivity index (χ0n) is 22.6. The van der Waals surface area contributed by atoms with Gasteiger partial charge < -0.3 is 9.47 Å². The van der Waals surface area contributed by atoms with E-state index in [1.807, 2.05) is 0 Å². The second-order valence-corrected chi connectivity index (χ2v) is 11.3. The summed E-state index contributed by atoms with van der Waals surface area (Å²) in [5.41, 5.74) is 6.96. The summed E-state index contributed by atoms with van der Waals surface area (Å²) in [7, 11) is 0. The van der Waals surface area contributed by atoms with E-state index in [2.05, 4.69) is 152 Å². The van der Waals surface area contributed by atoms with Gasteiger partial charge >= 0.3 is 0 Å². The lowest BCUT2D eigenvalue weighted by molar-refractivity contribution is 0.212. The molecule has 0 radical (unpaired) electrons. The molecule has 0 saturated carbocycles. The molecule has 1 aliphatic rings. The van der Waals surface area contributed by atoms with Gasteiger partial charge in [-0.15, -0.1) is 0 Å². The molecule has 0 bridgehead atoms. The van der Waals surface area contributed by atoms with Crippen molar-refractivity contribution in [2.45, 2.75) is 6.04 Å². The Bertz CT molecular complexity index is 1700. The minimum Gasteiger partial charge on any atom is -0.353 e. The quantitative estimate of drug-likeness (QED) is 0.196. The van der Waals surface area contributed by atoms with Gasteiger partial charge in [-0.2, -0.15) is 0 Å². The lowest BCUT2D eigenvalue weighted by atomic mass is 9.96. The Morgan fingerprint density at radius 1 is 0.634 bits per heavy atom. The fourth-order valence-corrected chi connectivity index (χ4v) is 6.26. The SMILES string of the molecule is Brc1ccc(-n2cc(-c3ccccc3)c3c(N4CCN(C(c5ccccc5)c5ccccc5)CC4)ncnc32)cc1. The minimum atomic E-state index is 0.225. The van der Waals surface area contributed by atoms with E-state index < -0.39 is 0 Å². The average Bonchev–Trinajstić information content (AvgIpc) is 3.44. The summed E-state index contributed by atoms with van der Waals surface area (Å²) in [6, 6.07) is 40.9. The van der Waals surface area contributed by atoms with Crippen molar-refractivity contribution in [3.05, 3.63) is 143 Å². The number of benzene rings is 4. The topological polar surface area (TPSA) is 37.2 Å². The standard InChI is InChI=1S/C35H30BrN5/c36-29-16-18-30(19-17-29)41-24-31(26-10-4-1-5-11-26)32-34(37-25-38-35(32)41)40-22-20-39(21-23-40)33(27-12-6-2-7-13-27)28-14-8-3-9-15-28/h1-19,24-25,33H,20-23H2. The average molecular weight is 601 g/mol. The Labute approximate surface area is 248 Å². The van der Waals surface area contributed by atoms with Crippen molar-refractivity contribution in [2.24, 2.45) is 0 Å². The van der Waals surface area contributed by atoms with Crippen LogP contribution in [0.3, 0.4) is 0 Å². The number of halogens is 1. The van der Waals surface area contributed by atoms with E-state index in [9.17, 15) is 0 Å². The van der Waals surface area contributed by atoms with Crippen molar-refractivity contribution < 1.29 is 0 Å². The molecule has 1 saturated heterocycles. The van der Waals surface area contributed by atoms with Crippen molar-refractivity contribution in [3.63, 3.8) is 0 Å². The molecule has 0 N–H and O–H groups in total. The third-order valence-corrected chi connectivity index (χ3v) is 8.49. The van der Waals surface area contributed by atoms with Crippen LogP contribution in [-0.4, -0.2) is 45.6 Å². The first kappa shape index (κ1) is 25.7. The zero-order chi connectivity index (χ0) is 27.6. The second kappa shape index (κ2) is 11.3. The first-order valence-corrected chi connectivity index (χ1v) is 14.8. The van der Waals surface area contributed by atoms with Crippen molar-refractivity contribution in [1.82, 2.24) is 19.4 Å². The van der Waals surface area contributed by atoms with Crippen LogP contribution in [-0.2, 0) is 0 Å². The van der Waals surface area contributed by atoms with Crippen molar-refractivity contribution in [3.8, 4) is 16.8 Å². The van der Waals surface area contributed by atoms with Crippen LogP contribution >= 0.6 is 15.9 Å². The number of piperazine rings is 1. The van der Waals surface area contributed by atoms with E-state index in [-0.39, 0.29) is 6.04 Å². The molecule has 41 heavy (non-hydrogen) atoms. The number of hydrogen-bond donors (Lipinski definition) is 0. The summed E-state index contributed by atoms with van der Waals surface area (Å²) in [5, 5.41) is 1.10. The Morgan fingerprint density at radius 3 is 1.83 bits per heavy atom. The van der Waals surface area contributed by atoms with Gasteiger partial charge in [0.25, 0.3) is 0 Å². The third-order valence-electron chi connectivity index (χ3n) is 7.96. The van der Waals surface area contributed by atoms with Gasteiger partial charge in [0.15, 0.2) is 5.65 Å². The Balaban J connectivity index is 1.26. The van der Waals surface area contributed by atoms with Crippen molar-refractivity contribution in [2.75, 3.05) is 31.1 Å². The maximum absolute atomic E-state index is 4.90. The highest BCUT2D eigenvalue weighted by atomic mass is 79.9. The largest absolute Gasteiger partial charge is 0.353 e. The number of aromatic nitrogens is 3. The van der Waals surface area contributed by atoms with Crippen LogP contribution in [0.2, 0.25) is 0 Å². The molecule has 3 heterocycles. The Kier molecular flexibility index (Phi) is 7.09. The first-order valence-electron chi connectivity index (χ1n) is 14.0. The minimum absolute atomic E-state index is 0.225. The lowest BCUT2D eigenvalue weighted by Gasteiger charge is -2.40. The number of nitrogens with zero attached hydrogens (tertiary/aromatic N) is 5. The van der Waals surface area contributed by atoms with E-state index in [0.717, 1.165) is 64.3 Å². The van der Waals surface area contributed by atoms with E-state index in [1.54, 1.807) is 6.33 Å². The highest BCUT2D eigenvalue weighted by molar-refractivity contribution is 9.10. The van der Waals surface area contributed by atoms with Gasteiger partial charge in [0.1, 0.15) is 12.1 Å². The van der Waals surface area contributed by atoms with E-state index in [4.69, 9.17) is 9.97 Å². The normalized spacial score (nSPS) is 14.1. The van der Waals surface area contributed by atoms with Gasteiger partial charge in [0.05, 0.1) is 11.4 Å². The smallest absolute Gasteiger partial charge is 0.150 e. The molecule has 4 aromatic carbocycles. The highest BCUT2D eigenvalue weighted by Gasteiger charge is 2.29. The summed E-state index contributed by atoms with van der Waals surface area (Å²) in [6.07, 6.45) is 3.92. The van der Waals surface area contributed by atoms with Gasteiger partial charge in [-0.05, 0) is 41.0 Å². The third kappa shape index (κ3) is 5.05. The fraction of sp³-hybridized carbons (Fsp3) is 0.143. The van der Waals surface area contributed by atoms with Crippen LogP contribution in [0, 0.1) is 0 Å². The molecular formula is C35H30BrN5. The summed E-state index contributed by atoms with van der Waals surface area (Å²) >= 11 is 3.57. The predicted octanol–water partition coefficient (Wildman–Crippen LogP) is 7.76. The van der Waals surface area contributed by atoms with E-state index >= 15 is 0 Å². The second-order valence-electron chi connectivity index (χ2n) is 10.4. The molecule has 0 atom stereocenters. The lowest BCUT2D eigenvalue weighted by Crippen LogP contribution is -2.48. The summed E-state index contributed by atoms with van der Waals surface area (Å²) in [5.74, 6) is 1.00. The van der Waals surface area contributed by atoms with Crippen molar-refractivity contribution in [1.29, 1.82) is 0 Å². The van der Waals surface area contributed by atoms with Crippen LogP contribution in [0.1, 0.15) is 17.2 Å². The molecule has 0 amide bonds. The van der Waals surface area contributed by atoms with Crippen LogP contribution in [0.5, 0.6) is 0 Å². The molecule has 0 aliphatic carbocycles. The van der Waals surface area contributed by atoms with Gasteiger partial charge in [-0.25, -0.2) is 9.97 Å². The molecule has 0 spiro atoms. The molecule has 1 aliphatic heterocycles. The monoisotopic (exact) mass is 599 g/mol. The van der Waals surface area contributed by atoms with Gasteiger partial charge in [-0.3, -0.25) is 4.90 Å². The Morgan fingerprint density at radius 2 is 1.22 bits per heavy atom. The van der Waals surface area contributed by atoms with Gasteiger partial charge in [0.2, 0.25) is 0 Å². The number of fused-ring (bicyclic) bond motifs is 1. The Hall–Kier alpha value is -4.26. The molecule has 202 valence electrons. The maximum Gasteiger partial charge on any atom is 0.150 e. The molecule has 1 fully saturated rings. The molecular weight excluding hydrogens is 570 g/mol. The molecule has 6 aromatic rings. The summed E-state index contributed by atoms with van der Waals surface area (Å²) in [4.78, 5) is 14.7. The zero-order valence-corrected chi connectivity index (χ0v) is 24.2. The number of hydrogen-bond acceptors (Lipinski definition) is 4. The van der Waals surface area contributed by atoms with Crippen LogP contribution < -0.4 is 4.90 Å². The molecule has 7 rings (SSSR count). The predicted molar refractivity (Wildman–Crippen MR) is 171 cm³/mol. The van der Waals surface area contributed by atoms with Crippen LogP contribution in [0.25, 0.3) is 27.8 Å². The summed E-state index contributed by atoms with van der Waals surface area (Å²) < 4.78 is 3.24. The molecule has 5 nitrogen and oxygen atoms in total. The van der Waals surface area contributed by atoms with Crippen molar-refractivity contribution >= 4 is 32.8 Å². The van der Waals surface area contributed by atoms with E-state index in [1.165, 1.54) is 11.1 Å². The van der Waals surface area contributed by atoms with Gasteiger partial charge in [-0.1, -0.05) is 107 Å². The molecule has 0 unspecified atom stereocenters. The molecule has 2 aromatic heterocycles. The van der Waals surface area contributed by atoms with Crippen LogP contribution in [0.15, 0.2) is 132 Å². The van der Waals surface area contributed by atoms with Crippen LogP contribution in [0.4, 0.5) is 5.82 Å². The number of rotatable bonds is 6. The first-order chi connectivity index (χ1) is 20.3. The van der Waals surface area contributed by atoms with Gasteiger partial charge in [0, 0.05) is 48.1 Å². The maximum atomic E-state index is 4.90.